The summed E-state index contributed by atoms with van der Waals surface area (Å²) in [4.78, 5) is 20.4. The molecule has 0 radical (unpaired) electrons. The van der Waals surface area contributed by atoms with Crippen LogP contribution in [-0.4, -0.2) is 63.0 Å². The molecule has 8 nitrogen and oxygen atoms in total. The summed E-state index contributed by atoms with van der Waals surface area (Å²) in [5.74, 6) is -0.335. The topological polar surface area (TPSA) is 91.8 Å². The first-order chi connectivity index (χ1) is 16.9. The molecule has 0 unspecified atom stereocenters. The van der Waals surface area contributed by atoms with E-state index in [0.717, 1.165) is 54.5 Å². The van der Waals surface area contributed by atoms with Crippen molar-refractivity contribution in [2.75, 3.05) is 49.6 Å². The number of hydrogen-bond donors (Lipinski definition) is 1. The van der Waals surface area contributed by atoms with Gasteiger partial charge < -0.3 is 15.0 Å². The van der Waals surface area contributed by atoms with Gasteiger partial charge in [-0.1, -0.05) is 6.07 Å². The molecule has 1 amide bonds. The highest BCUT2D eigenvalue weighted by molar-refractivity contribution is 7.89. The van der Waals surface area contributed by atoms with Crippen molar-refractivity contribution in [1.82, 2.24) is 9.29 Å². The molecule has 2 aliphatic rings. The number of carbonyl (C=O) groups excluding carboxylic acids is 1. The second-order valence-corrected chi connectivity index (χ2v) is 11.0. The average Bonchev–Trinajstić information content (AvgIpc) is 2.91. The van der Waals surface area contributed by atoms with E-state index in [0.29, 0.717) is 37.6 Å². The van der Waals surface area contributed by atoms with Crippen LogP contribution in [0.15, 0.2) is 53.6 Å². The Morgan fingerprint density at radius 1 is 1.00 bits per heavy atom. The van der Waals surface area contributed by atoms with E-state index in [-0.39, 0.29) is 10.8 Å². The standard InChI is InChI=1S/C26H30N4O4S/c1-19-7-9-23(21-6-5-11-27-25(19)21)28-26(31)22-18-20(35(32,33)30-14-16-34-17-15-30)8-10-24(22)29-12-3-2-4-13-29/h5-11,18H,2-4,12-17H2,1H3,(H,28,31). The number of nitrogens with zero attached hydrogens (tertiary/aromatic N) is 3. The van der Waals surface area contributed by atoms with E-state index in [1.165, 1.54) is 10.4 Å². The van der Waals surface area contributed by atoms with E-state index in [2.05, 4.69) is 15.2 Å². The Labute approximate surface area is 205 Å². The zero-order valence-electron chi connectivity index (χ0n) is 19.9. The lowest BCUT2D eigenvalue weighted by atomic mass is 10.1. The van der Waals surface area contributed by atoms with Crippen molar-refractivity contribution >= 4 is 38.2 Å². The van der Waals surface area contributed by atoms with Crippen molar-refractivity contribution in [3.05, 3.63) is 59.8 Å². The quantitative estimate of drug-likeness (QED) is 0.580. The Morgan fingerprint density at radius 3 is 2.54 bits per heavy atom. The summed E-state index contributed by atoms with van der Waals surface area (Å²) in [6, 6.07) is 12.5. The number of rotatable bonds is 5. The number of pyridine rings is 1. The summed E-state index contributed by atoms with van der Waals surface area (Å²) >= 11 is 0. The minimum absolute atomic E-state index is 0.126. The van der Waals surface area contributed by atoms with E-state index in [4.69, 9.17) is 4.74 Å². The smallest absolute Gasteiger partial charge is 0.257 e. The number of hydrogen-bond acceptors (Lipinski definition) is 6. The zero-order valence-corrected chi connectivity index (χ0v) is 20.7. The maximum absolute atomic E-state index is 13.7. The maximum Gasteiger partial charge on any atom is 0.257 e. The van der Waals surface area contributed by atoms with Gasteiger partial charge in [0.1, 0.15) is 0 Å². The van der Waals surface area contributed by atoms with Crippen LogP contribution in [0, 0.1) is 6.92 Å². The molecule has 1 N–H and O–H groups in total. The first kappa shape index (κ1) is 23.7. The van der Waals surface area contributed by atoms with Crippen LogP contribution in [0.25, 0.3) is 10.9 Å². The summed E-state index contributed by atoms with van der Waals surface area (Å²) in [7, 11) is -3.73. The maximum atomic E-state index is 13.7. The van der Waals surface area contributed by atoms with E-state index in [9.17, 15) is 13.2 Å². The third kappa shape index (κ3) is 4.76. The average molecular weight is 495 g/mol. The first-order valence-electron chi connectivity index (χ1n) is 12.1. The molecule has 0 bridgehead atoms. The molecule has 0 atom stereocenters. The lowest BCUT2D eigenvalue weighted by molar-refractivity contribution is 0.0730. The Bertz CT molecular complexity index is 1350. The summed E-state index contributed by atoms with van der Waals surface area (Å²) in [6.45, 7) is 5.01. The largest absolute Gasteiger partial charge is 0.379 e. The SMILES string of the molecule is Cc1ccc(NC(=O)c2cc(S(=O)(=O)N3CCOCC3)ccc2N2CCCCC2)c2cccnc12. The molecule has 2 aromatic carbocycles. The molecule has 2 saturated heterocycles. The molecule has 184 valence electrons. The summed E-state index contributed by atoms with van der Waals surface area (Å²) in [5.41, 5.74) is 3.61. The summed E-state index contributed by atoms with van der Waals surface area (Å²) < 4.78 is 33.4. The predicted octanol–water partition coefficient (Wildman–Crippen LogP) is 3.81. The van der Waals surface area contributed by atoms with E-state index in [1.807, 2.05) is 31.2 Å². The van der Waals surface area contributed by atoms with Gasteiger partial charge in [-0.25, -0.2) is 8.42 Å². The van der Waals surface area contributed by atoms with Crippen LogP contribution in [0.4, 0.5) is 11.4 Å². The fourth-order valence-corrected chi connectivity index (χ4v) is 6.25. The van der Waals surface area contributed by atoms with Crippen LogP contribution in [0.2, 0.25) is 0 Å². The third-order valence-corrected chi connectivity index (χ3v) is 8.63. The molecule has 2 aliphatic heterocycles. The number of fused-ring (bicyclic) bond motifs is 1. The van der Waals surface area contributed by atoms with Gasteiger partial charge in [0.15, 0.2) is 0 Å². The number of aromatic nitrogens is 1. The van der Waals surface area contributed by atoms with E-state index >= 15 is 0 Å². The van der Waals surface area contributed by atoms with Crippen LogP contribution in [0.1, 0.15) is 35.2 Å². The van der Waals surface area contributed by atoms with Gasteiger partial charge in [0.2, 0.25) is 10.0 Å². The molecule has 5 rings (SSSR count). The number of amides is 1. The number of piperidine rings is 1. The fraction of sp³-hybridized carbons (Fsp3) is 0.385. The van der Waals surface area contributed by atoms with Gasteiger partial charge in [0.25, 0.3) is 5.91 Å². The van der Waals surface area contributed by atoms with Crippen molar-refractivity contribution < 1.29 is 17.9 Å². The van der Waals surface area contributed by atoms with Gasteiger partial charge in [-0.2, -0.15) is 4.31 Å². The fourth-order valence-electron chi connectivity index (χ4n) is 4.82. The van der Waals surface area contributed by atoms with Crippen LogP contribution >= 0.6 is 0 Å². The van der Waals surface area contributed by atoms with Crippen molar-refractivity contribution in [3.8, 4) is 0 Å². The van der Waals surface area contributed by atoms with Gasteiger partial charge in [-0.15, -0.1) is 0 Å². The third-order valence-electron chi connectivity index (χ3n) is 6.74. The van der Waals surface area contributed by atoms with Gasteiger partial charge in [0.05, 0.1) is 34.9 Å². The number of ether oxygens (including phenoxy) is 1. The Balaban J connectivity index is 1.54. The monoisotopic (exact) mass is 494 g/mol. The highest BCUT2D eigenvalue weighted by Gasteiger charge is 2.29. The summed E-state index contributed by atoms with van der Waals surface area (Å²) in [6.07, 6.45) is 4.98. The number of sulfonamides is 1. The van der Waals surface area contributed by atoms with Crippen molar-refractivity contribution in [2.45, 2.75) is 31.1 Å². The van der Waals surface area contributed by atoms with Crippen LogP contribution < -0.4 is 10.2 Å². The molecule has 1 aromatic heterocycles. The van der Waals surface area contributed by atoms with Gasteiger partial charge >= 0.3 is 0 Å². The van der Waals surface area contributed by atoms with Gasteiger partial charge in [-0.3, -0.25) is 9.78 Å². The van der Waals surface area contributed by atoms with Crippen LogP contribution in [-0.2, 0) is 14.8 Å². The zero-order chi connectivity index (χ0) is 24.4. The molecule has 0 saturated carbocycles. The second kappa shape index (κ2) is 9.93. The molecular formula is C26H30N4O4S. The molecular weight excluding hydrogens is 464 g/mol. The number of nitrogens with one attached hydrogen (secondary N) is 1. The molecule has 0 spiro atoms. The number of morpholine rings is 1. The Kier molecular flexibility index (Phi) is 6.73. The van der Waals surface area contributed by atoms with Gasteiger partial charge in [0, 0.05) is 43.4 Å². The van der Waals surface area contributed by atoms with Crippen LogP contribution in [0.3, 0.4) is 0 Å². The highest BCUT2D eigenvalue weighted by atomic mass is 32.2. The number of aryl methyl sites for hydroxylation is 1. The number of anilines is 2. The molecule has 9 heteroatoms. The molecule has 2 fully saturated rings. The lowest BCUT2D eigenvalue weighted by Gasteiger charge is -2.31. The predicted molar refractivity (Wildman–Crippen MR) is 137 cm³/mol. The van der Waals surface area contributed by atoms with Crippen LogP contribution in [0.5, 0.6) is 0 Å². The highest BCUT2D eigenvalue weighted by Crippen LogP contribution is 2.31. The number of carbonyl (C=O) groups is 1. The molecule has 0 aliphatic carbocycles. The lowest BCUT2D eigenvalue weighted by Crippen LogP contribution is -2.40. The molecule has 35 heavy (non-hydrogen) atoms. The van der Waals surface area contributed by atoms with E-state index in [1.54, 1.807) is 18.3 Å². The van der Waals surface area contributed by atoms with Gasteiger partial charge in [-0.05, 0) is 68.1 Å². The van der Waals surface area contributed by atoms with E-state index < -0.39 is 10.0 Å². The minimum Gasteiger partial charge on any atom is -0.379 e. The first-order valence-corrected chi connectivity index (χ1v) is 13.5. The normalized spacial score (nSPS) is 17.5. The molecule has 3 heterocycles. The Hall–Kier alpha value is -3.01. The minimum atomic E-state index is -3.73. The van der Waals surface area contributed by atoms with Crippen molar-refractivity contribution in [3.63, 3.8) is 0 Å². The Morgan fingerprint density at radius 2 is 1.77 bits per heavy atom. The van der Waals surface area contributed by atoms with Crippen molar-refractivity contribution in [1.29, 1.82) is 0 Å². The second-order valence-electron chi connectivity index (χ2n) is 9.03. The molecule has 3 aromatic rings. The summed E-state index contributed by atoms with van der Waals surface area (Å²) in [5, 5.41) is 3.88. The number of benzene rings is 2. The van der Waals surface area contributed by atoms with Crippen molar-refractivity contribution in [2.24, 2.45) is 0 Å².